The molecule has 8 heteroatoms. The number of anilines is 1. The van der Waals surface area contributed by atoms with Crippen molar-refractivity contribution in [2.75, 3.05) is 29.5 Å². The summed E-state index contributed by atoms with van der Waals surface area (Å²) in [4.78, 5) is 25.9. The van der Waals surface area contributed by atoms with Crippen molar-refractivity contribution in [1.29, 1.82) is 0 Å². The molecule has 1 atom stereocenters. The smallest absolute Gasteiger partial charge is 0.227 e. The van der Waals surface area contributed by atoms with Crippen LogP contribution in [-0.2, 0) is 19.4 Å². The van der Waals surface area contributed by atoms with Gasteiger partial charge < -0.3 is 10.2 Å². The third kappa shape index (κ3) is 4.54. The first kappa shape index (κ1) is 17.9. The van der Waals surface area contributed by atoms with Crippen LogP contribution in [0.2, 0.25) is 0 Å². The number of nitrogens with one attached hydrogen (secondary N) is 1. The van der Waals surface area contributed by atoms with E-state index in [9.17, 15) is 18.0 Å². The van der Waals surface area contributed by atoms with Crippen molar-refractivity contribution in [3.63, 3.8) is 0 Å². The Bertz CT molecular complexity index is 705. The minimum atomic E-state index is -3.11. The zero-order valence-electron chi connectivity index (χ0n) is 12.8. The van der Waals surface area contributed by atoms with Crippen molar-refractivity contribution in [2.24, 2.45) is 5.92 Å². The summed E-state index contributed by atoms with van der Waals surface area (Å²) < 4.78 is 23.6. The highest BCUT2D eigenvalue weighted by Crippen LogP contribution is 2.31. The molecule has 1 aliphatic rings. The number of benzene rings is 1. The van der Waals surface area contributed by atoms with E-state index in [0.717, 1.165) is 10.2 Å². The summed E-state index contributed by atoms with van der Waals surface area (Å²) in [5.41, 5.74) is 0.737. The minimum Gasteiger partial charge on any atom is -0.355 e. The number of carbonyl (C=O) groups excluding carboxylic acids is 2. The van der Waals surface area contributed by atoms with Gasteiger partial charge in [-0.2, -0.15) is 0 Å². The zero-order chi connectivity index (χ0) is 17.0. The summed E-state index contributed by atoms with van der Waals surface area (Å²) in [6.07, 6.45) is 0.133. The molecule has 1 fully saturated rings. The Balaban J connectivity index is 1.95. The van der Waals surface area contributed by atoms with Crippen LogP contribution in [0.1, 0.15) is 13.3 Å². The molecule has 0 aliphatic carbocycles. The summed E-state index contributed by atoms with van der Waals surface area (Å²) in [5.74, 6) is -0.874. The third-order valence-electron chi connectivity index (χ3n) is 3.79. The number of hydrogen-bond donors (Lipinski definition) is 1. The third-order valence-corrected chi connectivity index (χ3v) is 6.17. The lowest BCUT2D eigenvalue weighted by molar-refractivity contribution is -0.126. The fraction of sp³-hybridized carbons (Fsp3) is 0.467. The van der Waals surface area contributed by atoms with Crippen molar-refractivity contribution in [2.45, 2.75) is 13.3 Å². The van der Waals surface area contributed by atoms with E-state index < -0.39 is 15.8 Å². The van der Waals surface area contributed by atoms with E-state index in [1.807, 2.05) is 24.3 Å². The maximum absolute atomic E-state index is 12.2. The zero-order valence-corrected chi connectivity index (χ0v) is 15.2. The molecule has 1 aromatic rings. The Morgan fingerprint density at radius 3 is 2.74 bits per heavy atom. The predicted molar refractivity (Wildman–Crippen MR) is 91.9 cm³/mol. The van der Waals surface area contributed by atoms with Gasteiger partial charge >= 0.3 is 0 Å². The number of hydrogen-bond acceptors (Lipinski definition) is 4. The van der Waals surface area contributed by atoms with Gasteiger partial charge in [0.15, 0.2) is 9.84 Å². The lowest BCUT2D eigenvalue weighted by Gasteiger charge is -2.18. The SMILES string of the molecule is CCS(=O)(=O)CCNC(=O)C1CC(=O)N(c2ccccc2Br)C1. The number of rotatable bonds is 6. The normalized spacial score (nSPS) is 18.3. The first-order chi connectivity index (χ1) is 10.8. The number of para-hydroxylation sites is 1. The van der Waals surface area contributed by atoms with Crippen molar-refractivity contribution < 1.29 is 18.0 Å². The van der Waals surface area contributed by atoms with Gasteiger partial charge in [0.2, 0.25) is 11.8 Å². The maximum atomic E-state index is 12.2. The topological polar surface area (TPSA) is 83.5 Å². The fourth-order valence-electron chi connectivity index (χ4n) is 2.41. The molecule has 23 heavy (non-hydrogen) atoms. The molecule has 1 heterocycles. The first-order valence-corrected chi connectivity index (χ1v) is 9.98. The van der Waals surface area contributed by atoms with Gasteiger partial charge in [0.1, 0.15) is 0 Å². The van der Waals surface area contributed by atoms with Gasteiger partial charge in [-0.1, -0.05) is 19.1 Å². The van der Waals surface area contributed by atoms with Crippen LogP contribution in [0.5, 0.6) is 0 Å². The Labute approximate surface area is 144 Å². The summed E-state index contributed by atoms with van der Waals surface area (Å²) in [5, 5.41) is 2.61. The predicted octanol–water partition coefficient (Wildman–Crippen LogP) is 1.35. The van der Waals surface area contributed by atoms with Crippen LogP contribution in [0.3, 0.4) is 0 Å². The highest BCUT2D eigenvalue weighted by molar-refractivity contribution is 9.10. The van der Waals surface area contributed by atoms with E-state index in [1.54, 1.807) is 11.8 Å². The molecule has 0 radical (unpaired) electrons. The molecule has 2 rings (SSSR count). The number of nitrogens with zero attached hydrogens (tertiary/aromatic N) is 1. The van der Waals surface area contributed by atoms with Crippen LogP contribution in [0, 0.1) is 5.92 Å². The van der Waals surface area contributed by atoms with Crippen molar-refractivity contribution in [3.05, 3.63) is 28.7 Å². The van der Waals surface area contributed by atoms with Crippen LogP contribution in [0.15, 0.2) is 28.7 Å². The van der Waals surface area contributed by atoms with Gasteiger partial charge in [0.25, 0.3) is 0 Å². The Morgan fingerprint density at radius 1 is 1.39 bits per heavy atom. The van der Waals surface area contributed by atoms with Crippen LogP contribution in [-0.4, -0.2) is 44.8 Å². The van der Waals surface area contributed by atoms with E-state index in [-0.39, 0.29) is 36.3 Å². The maximum Gasteiger partial charge on any atom is 0.227 e. The first-order valence-electron chi connectivity index (χ1n) is 7.37. The summed E-state index contributed by atoms with van der Waals surface area (Å²) in [7, 11) is -3.11. The second-order valence-corrected chi connectivity index (χ2v) is 8.71. The lowest BCUT2D eigenvalue weighted by atomic mass is 10.1. The molecule has 1 unspecified atom stereocenters. The van der Waals surface area contributed by atoms with Gasteiger partial charge in [-0.3, -0.25) is 9.59 Å². The molecule has 6 nitrogen and oxygen atoms in total. The monoisotopic (exact) mass is 402 g/mol. The average Bonchev–Trinajstić information content (AvgIpc) is 2.89. The highest BCUT2D eigenvalue weighted by atomic mass is 79.9. The summed E-state index contributed by atoms with van der Waals surface area (Å²) in [6, 6.07) is 7.34. The molecule has 2 amide bonds. The van der Waals surface area contributed by atoms with Gasteiger partial charge in [-0.15, -0.1) is 0 Å². The van der Waals surface area contributed by atoms with E-state index in [2.05, 4.69) is 21.2 Å². The molecule has 1 saturated heterocycles. The van der Waals surface area contributed by atoms with Crippen molar-refractivity contribution in [1.82, 2.24) is 5.32 Å². The molecule has 1 aliphatic heterocycles. The molecular weight excluding hydrogens is 384 g/mol. The Hall–Kier alpha value is -1.41. The molecule has 1 N–H and O–H groups in total. The molecule has 126 valence electrons. The molecular formula is C15H19BrN2O4S. The van der Waals surface area contributed by atoms with Gasteiger partial charge in [0, 0.05) is 29.7 Å². The Morgan fingerprint density at radius 2 is 2.09 bits per heavy atom. The Kier molecular flexibility index (Phi) is 5.80. The standard InChI is InChI=1S/C15H19BrN2O4S/c1-2-23(21,22)8-7-17-15(20)11-9-14(19)18(10-11)13-6-4-3-5-12(13)16/h3-6,11H,2,7-10H2,1H3,(H,17,20). The highest BCUT2D eigenvalue weighted by Gasteiger charge is 2.35. The largest absolute Gasteiger partial charge is 0.355 e. The summed E-state index contributed by atoms with van der Waals surface area (Å²) >= 11 is 3.40. The van der Waals surface area contributed by atoms with E-state index in [1.165, 1.54) is 0 Å². The van der Waals surface area contributed by atoms with Crippen LogP contribution in [0.4, 0.5) is 5.69 Å². The summed E-state index contributed by atoms with van der Waals surface area (Å²) in [6.45, 7) is 1.95. The number of halogens is 1. The minimum absolute atomic E-state index is 0.0561. The van der Waals surface area contributed by atoms with Crippen LogP contribution < -0.4 is 10.2 Å². The number of amides is 2. The van der Waals surface area contributed by atoms with Crippen molar-refractivity contribution >= 4 is 43.3 Å². The van der Waals surface area contributed by atoms with E-state index in [0.29, 0.717) is 6.54 Å². The second-order valence-electron chi connectivity index (χ2n) is 5.38. The lowest BCUT2D eigenvalue weighted by Crippen LogP contribution is -2.36. The molecule has 0 saturated carbocycles. The van der Waals surface area contributed by atoms with E-state index >= 15 is 0 Å². The van der Waals surface area contributed by atoms with Crippen LogP contribution >= 0.6 is 15.9 Å². The van der Waals surface area contributed by atoms with Crippen LogP contribution in [0.25, 0.3) is 0 Å². The number of carbonyl (C=O) groups is 2. The van der Waals surface area contributed by atoms with Gasteiger partial charge in [-0.05, 0) is 28.1 Å². The molecule has 0 aromatic heterocycles. The molecule has 0 spiro atoms. The van der Waals surface area contributed by atoms with E-state index in [4.69, 9.17) is 0 Å². The molecule has 0 bridgehead atoms. The van der Waals surface area contributed by atoms with Crippen molar-refractivity contribution in [3.8, 4) is 0 Å². The average molecular weight is 403 g/mol. The fourth-order valence-corrected chi connectivity index (χ4v) is 3.61. The van der Waals surface area contributed by atoms with Gasteiger partial charge in [0.05, 0.1) is 17.4 Å². The molecule has 1 aromatic carbocycles. The second kappa shape index (κ2) is 7.44. The number of sulfone groups is 1. The van der Waals surface area contributed by atoms with Gasteiger partial charge in [-0.25, -0.2) is 8.42 Å². The quantitative estimate of drug-likeness (QED) is 0.778.